The number of alkyl halides is 3. The molecule has 0 aliphatic carbocycles. The molecule has 0 aromatic heterocycles. The highest BCUT2D eigenvalue weighted by Gasteiger charge is 2.65. The molecule has 1 aliphatic rings. The Balaban J connectivity index is 2.24. The Kier molecular flexibility index (Phi) is 4.32. The van der Waals surface area contributed by atoms with Crippen molar-refractivity contribution in [2.45, 2.75) is 38.4 Å². The fourth-order valence-electron chi connectivity index (χ4n) is 1.73. The highest BCUT2D eigenvalue weighted by Crippen LogP contribution is 2.45. The zero-order valence-corrected chi connectivity index (χ0v) is 12.5. The van der Waals surface area contributed by atoms with Crippen molar-refractivity contribution in [3.8, 4) is 11.5 Å². The number of rotatable bonds is 3. The molecule has 22 heavy (non-hydrogen) atoms. The van der Waals surface area contributed by atoms with E-state index in [0.717, 1.165) is 0 Å². The number of carbonyl (C=O) groups is 1. The molecule has 2 atom stereocenters. The summed E-state index contributed by atoms with van der Waals surface area (Å²) in [7, 11) is 0. The lowest BCUT2D eigenvalue weighted by Crippen LogP contribution is -2.66. The molecule has 0 saturated carbocycles. The monoisotopic (exact) mass is 338 g/mol. The van der Waals surface area contributed by atoms with Crippen molar-refractivity contribution in [1.29, 1.82) is 0 Å². The second kappa shape index (κ2) is 5.75. The second-order valence-corrected chi connectivity index (χ2v) is 5.25. The van der Waals surface area contributed by atoms with Gasteiger partial charge in [-0.15, -0.1) is 0 Å². The van der Waals surface area contributed by atoms with E-state index in [0.29, 0.717) is 6.42 Å². The summed E-state index contributed by atoms with van der Waals surface area (Å²) in [5.41, 5.74) is 0. The molecule has 1 heterocycles. The summed E-state index contributed by atoms with van der Waals surface area (Å²) < 4.78 is 49.7. The quantitative estimate of drug-likeness (QED) is 0.887. The Hall–Kier alpha value is -1.83. The maximum atomic E-state index is 13.3. The molecular weight excluding hydrogens is 325 g/mol. The molecule has 9 heteroatoms. The van der Waals surface area contributed by atoms with Gasteiger partial charge in [-0.2, -0.15) is 13.2 Å². The zero-order valence-electron chi connectivity index (χ0n) is 11.8. The standard InChI is InChI=1S/C13H14ClF3N2O3/c1-3-7(2)18-11(20)19-13(12(15,16)17)21-9-5-4-8(14)6-10(9)22-13/h4-7H,3H2,1-2H3,(H2,18,19,20)/t7-,13-/m1/s1. The first-order valence-corrected chi connectivity index (χ1v) is 6.87. The molecule has 5 nitrogen and oxygen atoms in total. The van der Waals surface area contributed by atoms with Crippen molar-refractivity contribution in [2.24, 2.45) is 0 Å². The lowest BCUT2D eigenvalue weighted by Gasteiger charge is -2.30. The molecule has 2 amide bonds. The van der Waals surface area contributed by atoms with Crippen LogP contribution in [0.2, 0.25) is 5.02 Å². The highest BCUT2D eigenvalue weighted by atomic mass is 35.5. The third-order valence-corrected chi connectivity index (χ3v) is 3.29. The van der Waals surface area contributed by atoms with Crippen LogP contribution in [-0.2, 0) is 0 Å². The van der Waals surface area contributed by atoms with Crippen molar-refractivity contribution in [2.75, 3.05) is 0 Å². The number of fused-ring (bicyclic) bond motifs is 1. The van der Waals surface area contributed by atoms with E-state index in [9.17, 15) is 18.0 Å². The van der Waals surface area contributed by atoms with Crippen LogP contribution in [0.5, 0.6) is 11.5 Å². The molecule has 2 N–H and O–H groups in total. The van der Waals surface area contributed by atoms with Crippen LogP contribution in [0.1, 0.15) is 20.3 Å². The van der Waals surface area contributed by atoms with E-state index in [1.54, 1.807) is 19.2 Å². The average molecular weight is 339 g/mol. The summed E-state index contributed by atoms with van der Waals surface area (Å²) in [4.78, 5) is 11.7. The van der Waals surface area contributed by atoms with E-state index in [2.05, 4.69) is 5.32 Å². The first-order valence-electron chi connectivity index (χ1n) is 6.50. The number of hydrogen-bond donors (Lipinski definition) is 2. The molecular formula is C13H14ClF3N2O3. The van der Waals surface area contributed by atoms with E-state index in [1.807, 2.05) is 0 Å². The number of benzene rings is 1. The van der Waals surface area contributed by atoms with Crippen molar-refractivity contribution in [3.05, 3.63) is 23.2 Å². The largest absolute Gasteiger partial charge is 0.492 e. The normalized spacial score (nSPS) is 21.4. The summed E-state index contributed by atoms with van der Waals surface area (Å²) in [6.45, 7) is 3.44. The van der Waals surface area contributed by atoms with Gasteiger partial charge >= 0.3 is 18.1 Å². The van der Waals surface area contributed by atoms with Crippen molar-refractivity contribution in [3.63, 3.8) is 0 Å². The van der Waals surface area contributed by atoms with Gasteiger partial charge in [-0.3, -0.25) is 5.32 Å². The molecule has 1 aromatic carbocycles. The van der Waals surface area contributed by atoms with Gasteiger partial charge in [-0.1, -0.05) is 18.5 Å². The maximum absolute atomic E-state index is 13.3. The smallest absolute Gasteiger partial charge is 0.424 e. The molecule has 0 saturated heterocycles. The summed E-state index contributed by atoms with van der Waals surface area (Å²) in [6.07, 6.45) is -4.44. The number of amides is 2. The molecule has 1 aromatic rings. The average Bonchev–Trinajstić information content (AvgIpc) is 2.76. The van der Waals surface area contributed by atoms with Crippen LogP contribution in [0, 0.1) is 0 Å². The second-order valence-electron chi connectivity index (χ2n) is 4.82. The fraction of sp³-hybridized carbons (Fsp3) is 0.462. The van der Waals surface area contributed by atoms with Crippen LogP contribution >= 0.6 is 11.6 Å². The molecule has 2 rings (SSSR count). The zero-order chi connectivity index (χ0) is 16.5. The molecule has 122 valence electrons. The molecule has 1 aliphatic heterocycles. The van der Waals surface area contributed by atoms with Gasteiger partial charge in [0.05, 0.1) is 0 Å². The van der Waals surface area contributed by atoms with E-state index in [1.165, 1.54) is 18.2 Å². The van der Waals surface area contributed by atoms with Gasteiger partial charge in [0.15, 0.2) is 11.5 Å². The van der Waals surface area contributed by atoms with Crippen LogP contribution in [0.15, 0.2) is 18.2 Å². The Bertz CT molecular complexity index is 582. The fourth-order valence-corrected chi connectivity index (χ4v) is 1.89. The first kappa shape index (κ1) is 16.5. The Morgan fingerprint density at radius 2 is 2.00 bits per heavy atom. The molecule has 0 fully saturated rings. The minimum Gasteiger partial charge on any atom is -0.424 e. The molecule has 0 radical (unpaired) electrons. The third-order valence-electron chi connectivity index (χ3n) is 3.05. The third kappa shape index (κ3) is 3.16. The number of hydrogen-bond acceptors (Lipinski definition) is 3. The Morgan fingerprint density at radius 1 is 1.36 bits per heavy atom. The van der Waals surface area contributed by atoms with Gasteiger partial charge in [-0.05, 0) is 25.5 Å². The summed E-state index contributed by atoms with van der Waals surface area (Å²) >= 11 is 5.71. The van der Waals surface area contributed by atoms with Crippen LogP contribution in [0.4, 0.5) is 18.0 Å². The van der Waals surface area contributed by atoms with E-state index in [-0.39, 0.29) is 22.6 Å². The van der Waals surface area contributed by atoms with E-state index < -0.39 is 18.1 Å². The van der Waals surface area contributed by atoms with E-state index >= 15 is 0 Å². The lowest BCUT2D eigenvalue weighted by molar-refractivity contribution is -0.317. The number of urea groups is 1. The maximum Gasteiger partial charge on any atom is 0.492 e. The van der Waals surface area contributed by atoms with Gasteiger partial charge < -0.3 is 14.8 Å². The summed E-state index contributed by atoms with van der Waals surface area (Å²) in [5.74, 6) is -3.64. The minimum absolute atomic E-state index is 0.162. The number of halogens is 4. The number of ether oxygens (including phenoxy) is 2. The molecule has 0 spiro atoms. The number of nitrogens with one attached hydrogen (secondary N) is 2. The first-order chi connectivity index (χ1) is 10.2. The van der Waals surface area contributed by atoms with E-state index in [4.69, 9.17) is 21.1 Å². The number of carbonyl (C=O) groups excluding carboxylic acids is 1. The van der Waals surface area contributed by atoms with Crippen molar-refractivity contribution in [1.82, 2.24) is 10.6 Å². The highest BCUT2D eigenvalue weighted by molar-refractivity contribution is 6.30. The Morgan fingerprint density at radius 3 is 2.59 bits per heavy atom. The van der Waals surface area contributed by atoms with Gasteiger partial charge in [0.2, 0.25) is 0 Å². The van der Waals surface area contributed by atoms with Crippen molar-refractivity contribution < 1.29 is 27.4 Å². The van der Waals surface area contributed by atoms with Gasteiger partial charge in [-0.25, -0.2) is 4.79 Å². The molecule has 0 bridgehead atoms. The van der Waals surface area contributed by atoms with Crippen LogP contribution in [0.25, 0.3) is 0 Å². The topological polar surface area (TPSA) is 59.6 Å². The van der Waals surface area contributed by atoms with Crippen LogP contribution < -0.4 is 20.1 Å². The Labute approximate surface area is 129 Å². The van der Waals surface area contributed by atoms with Gasteiger partial charge in [0.25, 0.3) is 0 Å². The SMILES string of the molecule is CC[C@@H](C)NC(=O)N[C@]1(C(F)(F)F)Oc2ccc(Cl)cc2O1. The predicted octanol–water partition coefficient (Wildman–Crippen LogP) is 3.43. The predicted molar refractivity (Wildman–Crippen MR) is 72.9 cm³/mol. The van der Waals surface area contributed by atoms with Crippen LogP contribution in [-0.4, -0.2) is 24.2 Å². The minimum atomic E-state index is -4.99. The van der Waals surface area contributed by atoms with Crippen LogP contribution in [0.3, 0.4) is 0 Å². The summed E-state index contributed by atoms with van der Waals surface area (Å²) in [5, 5.41) is 4.24. The molecule has 0 unspecified atom stereocenters. The van der Waals surface area contributed by atoms with Gasteiger partial charge in [0, 0.05) is 17.1 Å². The van der Waals surface area contributed by atoms with Crippen molar-refractivity contribution >= 4 is 17.6 Å². The lowest BCUT2D eigenvalue weighted by atomic mass is 10.3. The summed E-state index contributed by atoms with van der Waals surface area (Å²) in [6, 6.07) is 2.42. The van der Waals surface area contributed by atoms with Gasteiger partial charge in [0.1, 0.15) is 0 Å².